The molecule has 3 rings (SSSR count). The Hall–Kier alpha value is -1.42. The highest BCUT2D eigenvalue weighted by Crippen LogP contribution is 2.35. The minimum Gasteiger partial charge on any atom is -0.393 e. The Morgan fingerprint density at radius 2 is 2.00 bits per heavy atom. The number of rotatable bonds is 3. The van der Waals surface area contributed by atoms with Crippen molar-refractivity contribution in [2.45, 2.75) is 45.1 Å². The lowest BCUT2D eigenvalue weighted by atomic mass is 9.87. The van der Waals surface area contributed by atoms with E-state index in [-0.39, 0.29) is 0 Å². The molecule has 20 heavy (non-hydrogen) atoms. The van der Waals surface area contributed by atoms with Gasteiger partial charge in [-0.1, -0.05) is 31.3 Å². The molecule has 0 aliphatic heterocycles. The first kappa shape index (κ1) is 13.6. The standard InChI is InChI=1S/C16H21N3S/c1-11-6-8-12(9-7-11)19-14-5-3-2-4-13(14)18-16(19)10-15(17)20/h2-5,11-12H,6-10H2,1H3,(H2,17,20). The predicted molar refractivity (Wildman–Crippen MR) is 86.9 cm³/mol. The Kier molecular flexibility index (Phi) is 3.74. The topological polar surface area (TPSA) is 43.8 Å². The largest absolute Gasteiger partial charge is 0.393 e. The predicted octanol–water partition coefficient (Wildman–Crippen LogP) is 3.62. The summed E-state index contributed by atoms with van der Waals surface area (Å²) in [6.07, 6.45) is 5.64. The zero-order valence-corrected chi connectivity index (χ0v) is 12.7. The molecule has 2 N–H and O–H groups in total. The first-order valence-electron chi connectivity index (χ1n) is 7.39. The van der Waals surface area contributed by atoms with Gasteiger partial charge in [0, 0.05) is 6.04 Å². The van der Waals surface area contributed by atoms with Gasteiger partial charge in [0.25, 0.3) is 0 Å². The van der Waals surface area contributed by atoms with Crippen molar-refractivity contribution in [2.24, 2.45) is 11.7 Å². The van der Waals surface area contributed by atoms with E-state index in [2.05, 4.69) is 29.7 Å². The Bertz CT molecular complexity index is 624. The van der Waals surface area contributed by atoms with Crippen molar-refractivity contribution in [3.8, 4) is 0 Å². The highest BCUT2D eigenvalue weighted by molar-refractivity contribution is 7.80. The molecular weight excluding hydrogens is 266 g/mol. The molecule has 3 nitrogen and oxygen atoms in total. The second-order valence-electron chi connectivity index (χ2n) is 5.94. The van der Waals surface area contributed by atoms with Crippen LogP contribution in [0.4, 0.5) is 0 Å². The zero-order chi connectivity index (χ0) is 14.1. The molecular formula is C16H21N3S. The van der Waals surface area contributed by atoms with Gasteiger partial charge in [-0.05, 0) is 43.7 Å². The molecule has 1 saturated carbocycles. The number of hydrogen-bond donors (Lipinski definition) is 1. The molecule has 4 heteroatoms. The molecule has 0 saturated heterocycles. The first-order chi connectivity index (χ1) is 9.65. The molecule has 1 aliphatic rings. The summed E-state index contributed by atoms with van der Waals surface area (Å²) in [5.41, 5.74) is 8.02. The first-order valence-corrected chi connectivity index (χ1v) is 7.80. The number of fused-ring (bicyclic) bond motifs is 1. The second kappa shape index (κ2) is 5.52. The summed E-state index contributed by atoms with van der Waals surface area (Å²) in [5.74, 6) is 1.87. The van der Waals surface area contributed by atoms with E-state index in [9.17, 15) is 0 Å². The van der Waals surface area contributed by atoms with Crippen LogP contribution in [0.1, 0.15) is 44.5 Å². The Morgan fingerprint density at radius 3 is 2.70 bits per heavy atom. The molecule has 0 atom stereocenters. The summed E-state index contributed by atoms with van der Waals surface area (Å²) >= 11 is 5.09. The molecule has 0 radical (unpaired) electrons. The molecule has 1 aromatic carbocycles. The van der Waals surface area contributed by atoms with E-state index < -0.39 is 0 Å². The number of hydrogen-bond acceptors (Lipinski definition) is 2. The number of imidazole rings is 1. The van der Waals surface area contributed by atoms with Crippen molar-refractivity contribution >= 4 is 28.2 Å². The number of nitrogens with two attached hydrogens (primary N) is 1. The summed E-state index contributed by atoms with van der Waals surface area (Å²) in [6, 6.07) is 8.89. The third-order valence-corrected chi connectivity index (χ3v) is 4.50. The van der Waals surface area contributed by atoms with Crippen LogP contribution in [0.15, 0.2) is 24.3 Å². The molecule has 1 fully saturated rings. The van der Waals surface area contributed by atoms with Gasteiger partial charge in [0.15, 0.2) is 0 Å². The average molecular weight is 287 g/mol. The van der Waals surface area contributed by atoms with E-state index in [1.54, 1.807) is 0 Å². The summed E-state index contributed by atoms with van der Waals surface area (Å²) in [5, 5.41) is 0. The Balaban J connectivity index is 2.04. The van der Waals surface area contributed by atoms with Gasteiger partial charge in [0.2, 0.25) is 0 Å². The van der Waals surface area contributed by atoms with Crippen molar-refractivity contribution in [1.82, 2.24) is 9.55 Å². The summed E-state index contributed by atoms with van der Waals surface area (Å²) < 4.78 is 2.39. The van der Waals surface area contributed by atoms with Crippen molar-refractivity contribution in [2.75, 3.05) is 0 Å². The van der Waals surface area contributed by atoms with E-state index in [1.165, 1.54) is 31.2 Å². The van der Waals surface area contributed by atoms with E-state index in [4.69, 9.17) is 22.9 Å². The van der Waals surface area contributed by atoms with Gasteiger partial charge in [-0.3, -0.25) is 0 Å². The van der Waals surface area contributed by atoms with Crippen molar-refractivity contribution in [3.05, 3.63) is 30.1 Å². The van der Waals surface area contributed by atoms with Crippen LogP contribution in [0.5, 0.6) is 0 Å². The van der Waals surface area contributed by atoms with E-state index in [1.807, 2.05) is 6.07 Å². The normalized spacial score (nSPS) is 23.1. The van der Waals surface area contributed by atoms with Gasteiger partial charge in [-0.15, -0.1) is 0 Å². The third-order valence-electron chi connectivity index (χ3n) is 4.35. The number of benzene rings is 1. The highest BCUT2D eigenvalue weighted by atomic mass is 32.1. The third kappa shape index (κ3) is 2.57. The van der Waals surface area contributed by atoms with Crippen molar-refractivity contribution in [3.63, 3.8) is 0 Å². The Labute approximate surface area is 125 Å². The SMILES string of the molecule is CC1CCC(n2c(CC(N)=S)nc3ccccc32)CC1. The van der Waals surface area contributed by atoms with Crippen LogP contribution < -0.4 is 5.73 Å². The molecule has 2 aromatic rings. The molecule has 1 aliphatic carbocycles. The fraction of sp³-hybridized carbons (Fsp3) is 0.500. The molecule has 1 aromatic heterocycles. The number of aromatic nitrogens is 2. The fourth-order valence-corrected chi connectivity index (χ4v) is 3.41. The lowest BCUT2D eigenvalue weighted by Gasteiger charge is -2.29. The minimum absolute atomic E-state index is 0.519. The van der Waals surface area contributed by atoms with Crippen LogP contribution >= 0.6 is 12.2 Å². The zero-order valence-electron chi connectivity index (χ0n) is 11.9. The van der Waals surface area contributed by atoms with Gasteiger partial charge < -0.3 is 10.3 Å². The molecule has 0 amide bonds. The maximum atomic E-state index is 5.74. The molecule has 0 bridgehead atoms. The summed E-state index contributed by atoms with van der Waals surface area (Å²) in [7, 11) is 0. The molecule has 1 heterocycles. The minimum atomic E-state index is 0.519. The number of para-hydroxylation sites is 2. The van der Waals surface area contributed by atoms with Gasteiger partial charge in [0.1, 0.15) is 5.82 Å². The second-order valence-corrected chi connectivity index (χ2v) is 6.47. The van der Waals surface area contributed by atoms with Crippen molar-refractivity contribution in [1.29, 1.82) is 0 Å². The van der Waals surface area contributed by atoms with Crippen LogP contribution in [-0.4, -0.2) is 14.5 Å². The van der Waals surface area contributed by atoms with Crippen LogP contribution in [0.25, 0.3) is 11.0 Å². The van der Waals surface area contributed by atoms with Gasteiger partial charge in [-0.2, -0.15) is 0 Å². The number of thiocarbonyl (C=S) groups is 1. The lowest BCUT2D eigenvalue weighted by Crippen LogP contribution is -2.21. The van der Waals surface area contributed by atoms with E-state index in [0.29, 0.717) is 17.5 Å². The fourth-order valence-electron chi connectivity index (χ4n) is 3.28. The average Bonchev–Trinajstić information content (AvgIpc) is 2.77. The van der Waals surface area contributed by atoms with E-state index >= 15 is 0 Å². The number of nitrogens with zero attached hydrogens (tertiary/aromatic N) is 2. The van der Waals surface area contributed by atoms with Gasteiger partial charge in [0.05, 0.1) is 22.4 Å². The van der Waals surface area contributed by atoms with Gasteiger partial charge in [-0.25, -0.2) is 4.98 Å². The van der Waals surface area contributed by atoms with Crippen molar-refractivity contribution < 1.29 is 0 Å². The maximum absolute atomic E-state index is 5.74. The highest BCUT2D eigenvalue weighted by Gasteiger charge is 2.23. The van der Waals surface area contributed by atoms with Crippen LogP contribution in [0.3, 0.4) is 0 Å². The van der Waals surface area contributed by atoms with Crippen LogP contribution in [0, 0.1) is 5.92 Å². The lowest BCUT2D eigenvalue weighted by molar-refractivity contribution is 0.290. The Morgan fingerprint density at radius 1 is 1.30 bits per heavy atom. The van der Waals surface area contributed by atoms with Crippen LogP contribution in [-0.2, 0) is 6.42 Å². The summed E-state index contributed by atoms with van der Waals surface area (Å²) in [6.45, 7) is 2.35. The molecule has 106 valence electrons. The maximum Gasteiger partial charge on any atom is 0.116 e. The quantitative estimate of drug-likeness (QED) is 0.877. The van der Waals surface area contributed by atoms with E-state index in [0.717, 1.165) is 17.3 Å². The van der Waals surface area contributed by atoms with Crippen LogP contribution in [0.2, 0.25) is 0 Å². The molecule has 0 unspecified atom stereocenters. The monoisotopic (exact) mass is 287 g/mol. The smallest absolute Gasteiger partial charge is 0.116 e. The molecule has 0 spiro atoms. The van der Waals surface area contributed by atoms with Gasteiger partial charge >= 0.3 is 0 Å². The summed E-state index contributed by atoms with van der Waals surface area (Å²) in [4.78, 5) is 5.26.